The van der Waals surface area contributed by atoms with Gasteiger partial charge in [-0.1, -0.05) is 29.8 Å². The Morgan fingerprint density at radius 3 is 3.15 bits per heavy atom. The number of hydrogen-bond donors (Lipinski definition) is 1. The van der Waals surface area contributed by atoms with E-state index in [4.69, 9.17) is 11.6 Å². The van der Waals surface area contributed by atoms with E-state index in [1.807, 2.05) is 19.1 Å². The van der Waals surface area contributed by atoms with E-state index in [-0.39, 0.29) is 5.78 Å². The Hall–Kier alpha value is -1.65. The maximum Gasteiger partial charge on any atom is 0.212 e. The molecule has 3 rings (SSSR count). The second-order valence-electron chi connectivity index (χ2n) is 4.86. The molecule has 1 N–H and O–H groups in total. The van der Waals surface area contributed by atoms with Gasteiger partial charge in [0.2, 0.25) is 5.78 Å². The highest BCUT2D eigenvalue weighted by Gasteiger charge is 2.23. The van der Waals surface area contributed by atoms with Crippen molar-refractivity contribution < 1.29 is 4.79 Å². The van der Waals surface area contributed by atoms with Crippen molar-refractivity contribution in [1.82, 2.24) is 15.1 Å². The number of aromatic nitrogens is 2. The molecule has 0 aliphatic carbocycles. The number of nitrogens with zero attached hydrogens (tertiary/aromatic N) is 2. The van der Waals surface area contributed by atoms with Crippen molar-refractivity contribution in [2.24, 2.45) is 0 Å². The van der Waals surface area contributed by atoms with Crippen LogP contribution < -0.4 is 5.32 Å². The van der Waals surface area contributed by atoms with Crippen molar-refractivity contribution >= 4 is 17.4 Å². The number of carbonyl (C=O) groups is 1. The lowest BCUT2D eigenvalue weighted by Crippen LogP contribution is -2.26. The van der Waals surface area contributed by atoms with E-state index in [1.54, 1.807) is 4.68 Å². The van der Waals surface area contributed by atoms with Crippen LogP contribution in [0.5, 0.6) is 0 Å². The highest BCUT2D eigenvalue weighted by Crippen LogP contribution is 2.24. The maximum atomic E-state index is 12.8. The van der Waals surface area contributed by atoms with Gasteiger partial charge in [0.05, 0.1) is 11.2 Å². The summed E-state index contributed by atoms with van der Waals surface area (Å²) in [4.78, 5) is 12.8. The summed E-state index contributed by atoms with van der Waals surface area (Å²) >= 11 is 6.14. The number of fused-ring (bicyclic) bond motifs is 1. The number of ketones is 1. The highest BCUT2D eigenvalue weighted by atomic mass is 35.5. The van der Waals surface area contributed by atoms with Crippen molar-refractivity contribution in [2.75, 3.05) is 6.54 Å². The summed E-state index contributed by atoms with van der Waals surface area (Å²) < 4.78 is 1.66. The minimum atomic E-state index is -0.0342. The Morgan fingerprint density at radius 1 is 1.50 bits per heavy atom. The fourth-order valence-electron chi connectivity index (χ4n) is 2.70. The number of carbonyl (C=O) groups excluding carboxylic acids is 1. The van der Waals surface area contributed by atoms with Crippen LogP contribution in [0.4, 0.5) is 0 Å². The van der Waals surface area contributed by atoms with Crippen LogP contribution in [0, 0.1) is 0 Å². The lowest BCUT2D eigenvalue weighted by Gasteiger charge is -2.20. The lowest BCUT2D eigenvalue weighted by atomic mass is 9.92. The van der Waals surface area contributed by atoms with Crippen molar-refractivity contribution in [3.63, 3.8) is 0 Å². The lowest BCUT2D eigenvalue weighted by molar-refractivity contribution is 0.102. The van der Waals surface area contributed by atoms with Crippen LogP contribution in [0.2, 0.25) is 5.02 Å². The quantitative estimate of drug-likeness (QED) is 0.883. The first-order valence-corrected chi connectivity index (χ1v) is 7.17. The Balaban J connectivity index is 2.09. The summed E-state index contributed by atoms with van der Waals surface area (Å²) in [5, 5.41) is 7.89. The van der Waals surface area contributed by atoms with E-state index in [0.29, 0.717) is 17.3 Å². The molecule has 104 valence electrons. The molecule has 0 saturated heterocycles. The molecule has 0 fully saturated rings. The molecule has 1 aliphatic rings. The van der Waals surface area contributed by atoms with E-state index >= 15 is 0 Å². The van der Waals surface area contributed by atoms with Crippen molar-refractivity contribution in [3.05, 3.63) is 51.8 Å². The van der Waals surface area contributed by atoms with Crippen LogP contribution in [0.1, 0.15) is 34.1 Å². The zero-order valence-corrected chi connectivity index (χ0v) is 12.1. The normalized spacial score (nSPS) is 14.1. The Kier molecular flexibility index (Phi) is 3.59. The van der Waals surface area contributed by atoms with Crippen LogP contribution >= 0.6 is 11.6 Å². The SMILES string of the molecule is CCn1ncc(Cl)c1C(=O)c1cccc2c1CCNC2. The molecule has 4 nitrogen and oxygen atoms in total. The van der Waals surface area contributed by atoms with Gasteiger partial charge in [-0.2, -0.15) is 5.10 Å². The fraction of sp³-hybridized carbons (Fsp3) is 0.333. The second-order valence-corrected chi connectivity index (χ2v) is 5.26. The Labute approximate surface area is 122 Å². The zero-order chi connectivity index (χ0) is 14.1. The highest BCUT2D eigenvalue weighted by molar-refractivity contribution is 6.34. The summed E-state index contributed by atoms with van der Waals surface area (Å²) in [7, 11) is 0. The number of aryl methyl sites for hydroxylation is 1. The second kappa shape index (κ2) is 5.38. The van der Waals surface area contributed by atoms with Crippen LogP contribution in [-0.2, 0) is 19.5 Å². The van der Waals surface area contributed by atoms with Gasteiger partial charge in [0.1, 0.15) is 5.69 Å². The third kappa shape index (κ3) is 2.15. The van der Waals surface area contributed by atoms with E-state index in [9.17, 15) is 4.79 Å². The van der Waals surface area contributed by atoms with Gasteiger partial charge in [0.15, 0.2) is 0 Å². The van der Waals surface area contributed by atoms with Crippen LogP contribution in [0.25, 0.3) is 0 Å². The molecule has 0 radical (unpaired) electrons. The van der Waals surface area contributed by atoms with Crippen molar-refractivity contribution in [2.45, 2.75) is 26.4 Å². The molecule has 0 bridgehead atoms. The minimum Gasteiger partial charge on any atom is -0.312 e. The van der Waals surface area contributed by atoms with Crippen LogP contribution in [0.15, 0.2) is 24.4 Å². The third-order valence-electron chi connectivity index (χ3n) is 3.69. The van der Waals surface area contributed by atoms with E-state index in [1.165, 1.54) is 11.8 Å². The van der Waals surface area contributed by atoms with Crippen molar-refractivity contribution in [3.8, 4) is 0 Å². The summed E-state index contributed by atoms with van der Waals surface area (Å²) in [5.41, 5.74) is 3.57. The predicted molar refractivity (Wildman–Crippen MR) is 78.2 cm³/mol. The first-order valence-electron chi connectivity index (χ1n) is 6.80. The average molecular weight is 290 g/mol. The molecule has 0 atom stereocenters. The summed E-state index contributed by atoms with van der Waals surface area (Å²) in [5.74, 6) is -0.0342. The largest absolute Gasteiger partial charge is 0.312 e. The zero-order valence-electron chi connectivity index (χ0n) is 11.3. The van der Waals surface area contributed by atoms with Gasteiger partial charge in [0, 0.05) is 18.7 Å². The molecule has 1 aliphatic heterocycles. The number of halogens is 1. The summed E-state index contributed by atoms with van der Waals surface area (Å²) in [6.45, 7) is 4.30. The van der Waals surface area contributed by atoms with Crippen LogP contribution in [0.3, 0.4) is 0 Å². The average Bonchev–Trinajstić information content (AvgIpc) is 2.87. The van der Waals surface area contributed by atoms with Gasteiger partial charge < -0.3 is 5.32 Å². The van der Waals surface area contributed by atoms with Crippen molar-refractivity contribution in [1.29, 1.82) is 0 Å². The molecule has 1 aromatic heterocycles. The van der Waals surface area contributed by atoms with Gasteiger partial charge in [-0.15, -0.1) is 0 Å². The third-order valence-corrected chi connectivity index (χ3v) is 3.97. The molecule has 0 amide bonds. The van der Waals surface area contributed by atoms with Gasteiger partial charge in [0.25, 0.3) is 0 Å². The predicted octanol–water partition coefficient (Wildman–Crippen LogP) is 2.43. The van der Waals surface area contributed by atoms with Crippen LogP contribution in [-0.4, -0.2) is 22.1 Å². The van der Waals surface area contributed by atoms with E-state index in [0.717, 1.165) is 30.6 Å². The van der Waals surface area contributed by atoms with E-state index < -0.39 is 0 Å². The molecule has 5 heteroatoms. The molecule has 1 aromatic carbocycles. The first-order chi connectivity index (χ1) is 9.72. The van der Waals surface area contributed by atoms with Gasteiger partial charge in [-0.25, -0.2) is 0 Å². The number of nitrogens with one attached hydrogen (secondary N) is 1. The van der Waals surface area contributed by atoms with Gasteiger partial charge in [-0.05, 0) is 31.0 Å². The molecular weight excluding hydrogens is 274 g/mol. The van der Waals surface area contributed by atoms with Gasteiger partial charge in [-0.3, -0.25) is 9.48 Å². The maximum absolute atomic E-state index is 12.8. The molecule has 0 spiro atoms. The Morgan fingerprint density at radius 2 is 2.35 bits per heavy atom. The molecule has 20 heavy (non-hydrogen) atoms. The topological polar surface area (TPSA) is 46.9 Å². The minimum absolute atomic E-state index is 0.0342. The molecule has 0 saturated carbocycles. The summed E-state index contributed by atoms with van der Waals surface area (Å²) in [6, 6.07) is 5.88. The fourth-order valence-corrected chi connectivity index (χ4v) is 2.93. The Bertz CT molecular complexity index is 663. The molecule has 2 aromatic rings. The monoisotopic (exact) mass is 289 g/mol. The number of benzene rings is 1. The summed E-state index contributed by atoms with van der Waals surface area (Å²) in [6.07, 6.45) is 2.41. The number of rotatable bonds is 3. The smallest absolute Gasteiger partial charge is 0.212 e. The standard InChI is InChI=1S/C15H16ClN3O/c1-2-19-14(13(16)9-18-19)15(20)12-5-3-4-10-8-17-7-6-11(10)12/h3-5,9,17H,2,6-8H2,1H3. The molecule has 2 heterocycles. The van der Waals surface area contributed by atoms with E-state index in [2.05, 4.69) is 16.5 Å². The molecule has 0 unspecified atom stereocenters. The first kappa shape index (κ1) is 13.3. The van der Waals surface area contributed by atoms with Gasteiger partial charge >= 0.3 is 0 Å². The molecular formula is C15H16ClN3O. The number of hydrogen-bond acceptors (Lipinski definition) is 3.